The third-order valence-corrected chi connectivity index (χ3v) is 5.21. The van der Waals surface area contributed by atoms with Crippen LogP contribution in [0.5, 0.6) is 0 Å². The summed E-state index contributed by atoms with van der Waals surface area (Å²) >= 11 is 1.85. The number of carbonyl (C=O) groups excluding carboxylic acids is 1. The Morgan fingerprint density at radius 1 is 1.45 bits per heavy atom. The first kappa shape index (κ1) is 15.5. The Hall–Kier alpha value is -0.870. The lowest BCUT2D eigenvalue weighted by Gasteiger charge is -2.35. The first-order chi connectivity index (χ1) is 9.61. The molecule has 1 unspecified atom stereocenters. The summed E-state index contributed by atoms with van der Waals surface area (Å²) < 4.78 is 0. The number of amides is 1. The number of nitrogens with two attached hydrogens (primary N) is 1. The molecular formula is C16H26N2OS. The maximum Gasteiger partial charge on any atom is 0.222 e. The van der Waals surface area contributed by atoms with Gasteiger partial charge in [0.1, 0.15) is 0 Å². The van der Waals surface area contributed by atoms with E-state index in [1.54, 1.807) is 0 Å². The molecule has 0 aromatic carbocycles. The maximum atomic E-state index is 12.3. The quantitative estimate of drug-likeness (QED) is 0.907. The zero-order valence-electron chi connectivity index (χ0n) is 12.7. The number of nitrogens with zero attached hydrogens (tertiary/aromatic N) is 1. The second kappa shape index (κ2) is 7.23. The summed E-state index contributed by atoms with van der Waals surface area (Å²) in [5, 5.41) is 0. The topological polar surface area (TPSA) is 46.3 Å². The normalized spacial score (nSPS) is 19.4. The van der Waals surface area contributed by atoms with Crippen molar-refractivity contribution in [2.75, 3.05) is 13.1 Å². The van der Waals surface area contributed by atoms with E-state index in [1.807, 2.05) is 16.2 Å². The third-order valence-electron chi connectivity index (χ3n) is 4.20. The van der Waals surface area contributed by atoms with Gasteiger partial charge in [0.25, 0.3) is 0 Å². The van der Waals surface area contributed by atoms with E-state index in [1.165, 1.54) is 21.7 Å². The van der Waals surface area contributed by atoms with Crippen LogP contribution in [0.3, 0.4) is 0 Å². The van der Waals surface area contributed by atoms with Gasteiger partial charge in [-0.05, 0) is 57.6 Å². The second-order valence-electron chi connectivity index (χ2n) is 5.76. The van der Waals surface area contributed by atoms with Crippen molar-refractivity contribution in [3.63, 3.8) is 0 Å². The van der Waals surface area contributed by atoms with Crippen LogP contribution in [0.4, 0.5) is 0 Å². The SMILES string of the molecule is Cc1cc(CCCC(=O)N2CCCCC2CN)c(C)s1. The van der Waals surface area contributed by atoms with Crippen molar-refractivity contribution in [2.45, 2.75) is 58.4 Å². The summed E-state index contributed by atoms with van der Waals surface area (Å²) in [6.07, 6.45) is 6.03. The predicted molar refractivity (Wildman–Crippen MR) is 85.1 cm³/mol. The van der Waals surface area contributed by atoms with Gasteiger partial charge in [0, 0.05) is 35.3 Å². The number of carbonyl (C=O) groups is 1. The minimum Gasteiger partial charge on any atom is -0.338 e. The number of hydrogen-bond acceptors (Lipinski definition) is 3. The van der Waals surface area contributed by atoms with Crippen molar-refractivity contribution in [3.8, 4) is 0 Å². The van der Waals surface area contributed by atoms with E-state index >= 15 is 0 Å². The lowest BCUT2D eigenvalue weighted by atomic mass is 10.0. The van der Waals surface area contributed by atoms with Crippen LogP contribution in [0.25, 0.3) is 0 Å². The Kier molecular flexibility index (Phi) is 5.61. The van der Waals surface area contributed by atoms with Gasteiger partial charge in [-0.2, -0.15) is 0 Å². The molecule has 1 saturated heterocycles. The highest BCUT2D eigenvalue weighted by atomic mass is 32.1. The molecule has 0 aliphatic carbocycles. The van der Waals surface area contributed by atoms with Gasteiger partial charge in [-0.15, -0.1) is 11.3 Å². The van der Waals surface area contributed by atoms with Crippen molar-refractivity contribution in [2.24, 2.45) is 5.73 Å². The summed E-state index contributed by atoms with van der Waals surface area (Å²) in [5.41, 5.74) is 7.19. The number of piperidine rings is 1. The predicted octanol–water partition coefficient (Wildman–Crippen LogP) is 3.03. The molecule has 1 aromatic heterocycles. The van der Waals surface area contributed by atoms with Gasteiger partial charge in [0.05, 0.1) is 0 Å². The van der Waals surface area contributed by atoms with E-state index in [0.717, 1.165) is 32.2 Å². The highest BCUT2D eigenvalue weighted by Gasteiger charge is 2.24. The highest BCUT2D eigenvalue weighted by molar-refractivity contribution is 7.12. The molecule has 0 saturated carbocycles. The number of rotatable bonds is 5. The van der Waals surface area contributed by atoms with Gasteiger partial charge >= 0.3 is 0 Å². The molecule has 20 heavy (non-hydrogen) atoms. The molecule has 1 aliphatic heterocycles. The summed E-state index contributed by atoms with van der Waals surface area (Å²) in [6, 6.07) is 2.54. The largest absolute Gasteiger partial charge is 0.338 e. The Labute approximate surface area is 126 Å². The minimum absolute atomic E-state index is 0.279. The summed E-state index contributed by atoms with van der Waals surface area (Å²) in [4.78, 5) is 17.1. The number of likely N-dealkylation sites (tertiary alicyclic amines) is 1. The van der Waals surface area contributed by atoms with Gasteiger partial charge < -0.3 is 10.6 Å². The monoisotopic (exact) mass is 294 g/mol. The molecule has 1 atom stereocenters. The smallest absolute Gasteiger partial charge is 0.222 e. The fraction of sp³-hybridized carbons (Fsp3) is 0.688. The first-order valence-electron chi connectivity index (χ1n) is 7.67. The van der Waals surface area contributed by atoms with Gasteiger partial charge in [0.2, 0.25) is 5.91 Å². The lowest BCUT2D eigenvalue weighted by molar-refractivity contribution is -0.134. The molecule has 2 heterocycles. The van der Waals surface area contributed by atoms with Crippen LogP contribution in [-0.2, 0) is 11.2 Å². The zero-order valence-corrected chi connectivity index (χ0v) is 13.5. The Morgan fingerprint density at radius 3 is 2.90 bits per heavy atom. The second-order valence-corrected chi connectivity index (χ2v) is 7.22. The number of aryl methyl sites for hydroxylation is 3. The molecule has 4 heteroatoms. The Balaban J connectivity index is 1.81. The lowest BCUT2D eigenvalue weighted by Crippen LogP contribution is -2.47. The van der Waals surface area contributed by atoms with Crippen LogP contribution in [0.1, 0.15) is 47.4 Å². The molecule has 0 radical (unpaired) electrons. The van der Waals surface area contributed by atoms with E-state index in [4.69, 9.17) is 5.73 Å². The average molecular weight is 294 g/mol. The highest BCUT2D eigenvalue weighted by Crippen LogP contribution is 2.23. The van der Waals surface area contributed by atoms with Crippen LogP contribution in [0, 0.1) is 13.8 Å². The number of hydrogen-bond donors (Lipinski definition) is 1. The molecule has 112 valence electrons. The molecule has 0 spiro atoms. The average Bonchev–Trinajstić information content (AvgIpc) is 2.77. The van der Waals surface area contributed by atoms with Gasteiger partial charge in [-0.3, -0.25) is 4.79 Å². The van der Waals surface area contributed by atoms with Gasteiger partial charge in [-0.1, -0.05) is 0 Å². The van der Waals surface area contributed by atoms with Gasteiger partial charge in [0.15, 0.2) is 0 Å². The Bertz CT molecular complexity index is 455. The maximum absolute atomic E-state index is 12.3. The summed E-state index contributed by atoms with van der Waals surface area (Å²) in [7, 11) is 0. The van der Waals surface area contributed by atoms with Crippen LogP contribution < -0.4 is 5.73 Å². The third kappa shape index (κ3) is 3.83. The molecule has 2 N–H and O–H groups in total. The van der Waals surface area contributed by atoms with Gasteiger partial charge in [-0.25, -0.2) is 0 Å². The first-order valence-corrected chi connectivity index (χ1v) is 8.49. The zero-order chi connectivity index (χ0) is 14.5. The molecule has 2 rings (SSSR count). The molecule has 0 bridgehead atoms. The fourth-order valence-electron chi connectivity index (χ4n) is 3.08. The summed E-state index contributed by atoms with van der Waals surface area (Å²) in [5.74, 6) is 0.296. The van der Waals surface area contributed by atoms with E-state index in [9.17, 15) is 4.79 Å². The van der Waals surface area contributed by atoms with Crippen LogP contribution in [0.2, 0.25) is 0 Å². The van der Waals surface area contributed by atoms with Crippen LogP contribution >= 0.6 is 11.3 Å². The summed E-state index contributed by atoms with van der Waals surface area (Å²) in [6.45, 7) is 5.82. The Morgan fingerprint density at radius 2 is 2.25 bits per heavy atom. The van der Waals surface area contributed by atoms with E-state index in [-0.39, 0.29) is 6.04 Å². The van der Waals surface area contributed by atoms with E-state index in [0.29, 0.717) is 18.9 Å². The minimum atomic E-state index is 0.279. The van der Waals surface area contributed by atoms with Crippen molar-refractivity contribution in [3.05, 3.63) is 21.4 Å². The molecule has 1 aromatic rings. The van der Waals surface area contributed by atoms with E-state index < -0.39 is 0 Å². The van der Waals surface area contributed by atoms with Crippen LogP contribution in [-0.4, -0.2) is 29.9 Å². The van der Waals surface area contributed by atoms with Crippen molar-refractivity contribution < 1.29 is 4.79 Å². The molecular weight excluding hydrogens is 268 g/mol. The number of thiophene rings is 1. The molecule has 3 nitrogen and oxygen atoms in total. The standard InChI is InChI=1S/C16H26N2OS/c1-12-10-14(13(2)20-12)6-5-8-16(19)18-9-4-3-7-15(18)11-17/h10,15H,3-9,11,17H2,1-2H3. The molecule has 1 fully saturated rings. The van der Waals surface area contributed by atoms with Crippen molar-refractivity contribution in [1.29, 1.82) is 0 Å². The fourth-order valence-corrected chi connectivity index (χ4v) is 4.06. The van der Waals surface area contributed by atoms with Crippen molar-refractivity contribution in [1.82, 2.24) is 4.90 Å². The molecule has 1 amide bonds. The van der Waals surface area contributed by atoms with E-state index in [2.05, 4.69) is 19.9 Å². The molecule has 1 aliphatic rings. The van der Waals surface area contributed by atoms with Crippen LogP contribution in [0.15, 0.2) is 6.07 Å². The van der Waals surface area contributed by atoms with Crippen molar-refractivity contribution >= 4 is 17.2 Å².